The van der Waals surface area contributed by atoms with Crippen molar-refractivity contribution in [1.82, 2.24) is 5.32 Å². The molecule has 4 heteroatoms. The molecule has 3 nitrogen and oxygen atoms in total. The molecule has 0 aliphatic rings. The van der Waals surface area contributed by atoms with Crippen molar-refractivity contribution in [2.75, 3.05) is 19.7 Å². The first kappa shape index (κ1) is 19.9. The molecule has 0 heterocycles. The lowest BCUT2D eigenvalue weighted by atomic mass is 9.68. The Labute approximate surface area is 134 Å². The minimum atomic E-state index is -0.424. The van der Waals surface area contributed by atoms with Crippen LogP contribution in [0.1, 0.15) is 37.8 Å². The highest BCUT2D eigenvalue weighted by Crippen LogP contribution is 2.37. The zero-order valence-corrected chi connectivity index (χ0v) is 14.0. The molecule has 0 bridgehead atoms. The summed E-state index contributed by atoms with van der Waals surface area (Å²) in [6, 6.07) is 10.8. The van der Waals surface area contributed by atoms with E-state index in [-0.39, 0.29) is 24.9 Å². The maximum absolute atomic E-state index is 9.82. The third kappa shape index (κ3) is 5.00. The van der Waals surface area contributed by atoms with Crippen LogP contribution in [0.15, 0.2) is 24.3 Å². The highest BCUT2D eigenvalue weighted by molar-refractivity contribution is 5.85. The van der Waals surface area contributed by atoms with E-state index in [2.05, 4.69) is 44.3 Å². The van der Waals surface area contributed by atoms with Crippen LogP contribution in [0, 0.1) is 24.2 Å². The van der Waals surface area contributed by atoms with Crippen LogP contribution in [0.5, 0.6) is 0 Å². The summed E-state index contributed by atoms with van der Waals surface area (Å²) >= 11 is 0. The lowest BCUT2D eigenvalue weighted by molar-refractivity contribution is 0.289. The van der Waals surface area contributed by atoms with Crippen molar-refractivity contribution in [3.05, 3.63) is 35.4 Å². The quantitative estimate of drug-likeness (QED) is 0.725. The van der Waals surface area contributed by atoms with E-state index in [9.17, 15) is 5.26 Å². The number of benzene rings is 1. The van der Waals surface area contributed by atoms with Gasteiger partial charge in [0.05, 0.1) is 18.1 Å². The fourth-order valence-corrected chi connectivity index (χ4v) is 2.75. The zero-order chi connectivity index (χ0) is 15.0. The molecular formula is C17H27ClN2O. The summed E-state index contributed by atoms with van der Waals surface area (Å²) in [7, 11) is 0. The summed E-state index contributed by atoms with van der Waals surface area (Å²) in [5, 5.41) is 21.8. The number of hydrogen-bond acceptors (Lipinski definition) is 3. The molecule has 0 saturated carbocycles. The normalized spacial score (nSPS) is 13.3. The molecule has 1 atom stereocenters. The van der Waals surface area contributed by atoms with E-state index >= 15 is 0 Å². The van der Waals surface area contributed by atoms with Gasteiger partial charge in [-0.25, -0.2) is 0 Å². The highest BCUT2D eigenvalue weighted by Gasteiger charge is 2.36. The van der Waals surface area contributed by atoms with Crippen LogP contribution in [-0.2, 0) is 5.41 Å². The second-order valence-corrected chi connectivity index (χ2v) is 5.63. The van der Waals surface area contributed by atoms with Gasteiger partial charge in [-0.1, -0.05) is 38.1 Å². The molecule has 1 rings (SSSR count). The molecule has 0 radical (unpaired) electrons. The summed E-state index contributed by atoms with van der Waals surface area (Å²) < 4.78 is 0. The van der Waals surface area contributed by atoms with E-state index in [0.29, 0.717) is 6.54 Å². The Hall–Kier alpha value is -1.08. The van der Waals surface area contributed by atoms with Gasteiger partial charge in [-0.3, -0.25) is 0 Å². The van der Waals surface area contributed by atoms with Gasteiger partial charge in [-0.2, -0.15) is 5.26 Å². The summed E-state index contributed by atoms with van der Waals surface area (Å²) in [5.74, 6) is 0.270. The molecule has 1 aromatic rings. The summed E-state index contributed by atoms with van der Waals surface area (Å²) in [4.78, 5) is 0. The van der Waals surface area contributed by atoms with Gasteiger partial charge in [-0.05, 0) is 43.4 Å². The summed E-state index contributed by atoms with van der Waals surface area (Å²) in [6.45, 7) is 7.93. The fraction of sp³-hybridized carbons (Fsp3) is 0.588. The van der Waals surface area contributed by atoms with Crippen LogP contribution in [-0.4, -0.2) is 24.8 Å². The van der Waals surface area contributed by atoms with E-state index < -0.39 is 5.41 Å². The predicted molar refractivity (Wildman–Crippen MR) is 89.7 cm³/mol. The third-order valence-electron chi connectivity index (χ3n) is 4.02. The van der Waals surface area contributed by atoms with Gasteiger partial charge < -0.3 is 10.4 Å². The van der Waals surface area contributed by atoms with Crippen molar-refractivity contribution in [2.24, 2.45) is 5.92 Å². The molecule has 0 aliphatic heterocycles. The number of rotatable bonds is 8. The number of aryl methyl sites for hydroxylation is 1. The minimum absolute atomic E-state index is 0. The van der Waals surface area contributed by atoms with Crippen molar-refractivity contribution in [2.45, 2.75) is 39.0 Å². The number of nitrogens with zero attached hydrogens (tertiary/aromatic N) is 1. The Balaban J connectivity index is 0.00000400. The van der Waals surface area contributed by atoms with Gasteiger partial charge in [0.15, 0.2) is 0 Å². The van der Waals surface area contributed by atoms with Crippen molar-refractivity contribution in [3.63, 3.8) is 0 Å². The molecule has 118 valence electrons. The summed E-state index contributed by atoms with van der Waals surface area (Å²) in [5.41, 5.74) is 1.91. The first-order valence-corrected chi connectivity index (χ1v) is 7.37. The molecule has 0 saturated heterocycles. The first-order valence-electron chi connectivity index (χ1n) is 7.37. The first-order chi connectivity index (χ1) is 9.58. The van der Waals surface area contributed by atoms with E-state index in [1.165, 1.54) is 5.56 Å². The molecular weight excluding hydrogens is 284 g/mol. The van der Waals surface area contributed by atoms with Gasteiger partial charge in [0, 0.05) is 6.54 Å². The van der Waals surface area contributed by atoms with Crippen LogP contribution in [0.2, 0.25) is 0 Å². The maximum atomic E-state index is 9.82. The van der Waals surface area contributed by atoms with Gasteiger partial charge >= 0.3 is 0 Å². The van der Waals surface area contributed by atoms with Crippen LogP contribution in [0.4, 0.5) is 0 Å². The SMILES string of the molecule is Cc1ccccc1C(C#N)(CCCNCCO)C(C)C.Cl. The maximum Gasteiger partial charge on any atom is 0.0848 e. The summed E-state index contributed by atoms with van der Waals surface area (Å²) in [6.07, 6.45) is 1.77. The molecule has 0 fully saturated rings. The molecule has 0 amide bonds. The number of aliphatic hydroxyl groups is 1. The molecule has 1 unspecified atom stereocenters. The highest BCUT2D eigenvalue weighted by atomic mass is 35.5. The van der Waals surface area contributed by atoms with E-state index in [0.717, 1.165) is 24.9 Å². The number of aliphatic hydroxyl groups excluding tert-OH is 1. The van der Waals surface area contributed by atoms with Gasteiger partial charge in [0.25, 0.3) is 0 Å². The van der Waals surface area contributed by atoms with Crippen LogP contribution in [0.25, 0.3) is 0 Å². The Bertz CT molecular complexity index is 456. The number of halogens is 1. The zero-order valence-electron chi connectivity index (χ0n) is 13.2. The Morgan fingerprint density at radius 1 is 1.29 bits per heavy atom. The topological polar surface area (TPSA) is 56.0 Å². The standard InChI is InChI=1S/C17H26N2O.ClH/c1-14(2)17(13-18,9-6-10-19-11-12-20)16-8-5-4-7-15(16)3;/h4-5,7-8,14,19-20H,6,9-12H2,1-3H3;1H. The largest absolute Gasteiger partial charge is 0.395 e. The van der Waals surface area contributed by atoms with Crippen molar-refractivity contribution < 1.29 is 5.11 Å². The van der Waals surface area contributed by atoms with Crippen molar-refractivity contribution >= 4 is 12.4 Å². The number of hydrogen-bond donors (Lipinski definition) is 2. The Morgan fingerprint density at radius 3 is 2.48 bits per heavy atom. The Kier molecular flexibility index (Phi) is 9.28. The van der Waals surface area contributed by atoms with Crippen molar-refractivity contribution in [3.8, 4) is 6.07 Å². The molecule has 21 heavy (non-hydrogen) atoms. The monoisotopic (exact) mass is 310 g/mol. The smallest absolute Gasteiger partial charge is 0.0848 e. The van der Waals surface area contributed by atoms with Crippen LogP contribution >= 0.6 is 12.4 Å². The van der Waals surface area contributed by atoms with E-state index in [4.69, 9.17) is 5.11 Å². The Morgan fingerprint density at radius 2 is 1.95 bits per heavy atom. The third-order valence-corrected chi connectivity index (χ3v) is 4.02. The number of nitriles is 1. The minimum Gasteiger partial charge on any atom is -0.395 e. The van der Waals surface area contributed by atoms with E-state index in [1.54, 1.807) is 0 Å². The molecule has 0 aromatic heterocycles. The predicted octanol–water partition coefficient (Wildman–Crippen LogP) is 3.20. The average Bonchev–Trinajstić information content (AvgIpc) is 2.44. The lowest BCUT2D eigenvalue weighted by Crippen LogP contribution is -2.33. The van der Waals surface area contributed by atoms with Gasteiger partial charge in [-0.15, -0.1) is 12.4 Å². The van der Waals surface area contributed by atoms with Crippen LogP contribution in [0.3, 0.4) is 0 Å². The van der Waals surface area contributed by atoms with E-state index in [1.807, 2.05) is 12.1 Å². The van der Waals surface area contributed by atoms with Crippen LogP contribution < -0.4 is 5.32 Å². The van der Waals surface area contributed by atoms with Gasteiger partial charge in [0.1, 0.15) is 0 Å². The average molecular weight is 311 g/mol. The second-order valence-electron chi connectivity index (χ2n) is 5.63. The molecule has 2 N–H and O–H groups in total. The second kappa shape index (κ2) is 9.78. The van der Waals surface area contributed by atoms with Gasteiger partial charge in [0.2, 0.25) is 0 Å². The molecule has 1 aromatic carbocycles. The molecule has 0 aliphatic carbocycles. The van der Waals surface area contributed by atoms with Crippen molar-refractivity contribution in [1.29, 1.82) is 5.26 Å². The fourth-order valence-electron chi connectivity index (χ4n) is 2.75. The number of nitrogens with one attached hydrogen (secondary N) is 1. The lowest BCUT2D eigenvalue weighted by Gasteiger charge is -2.33. The molecule has 0 spiro atoms.